The highest BCUT2D eigenvalue weighted by molar-refractivity contribution is 5.76. The highest BCUT2D eigenvalue weighted by atomic mass is 19.4. The smallest absolute Gasteiger partial charge is 0.423 e. The normalized spacial score (nSPS) is 20.4. The first-order valence-electron chi connectivity index (χ1n) is 12.4. The molecule has 37 heavy (non-hydrogen) atoms. The Morgan fingerprint density at radius 3 is 2.46 bits per heavy atom. The number of anilines is 2. The molecule has 12 heteroatoms. The van der Waals surface area contributed by atoms with Crippen molar-refractivity contribution in [3.8, 4) is 5.75 Å². The number of amides is 1. The molecule has 1 saturated heterocycles. The van der Waals surface area contributed by atoms with Crippen molar-refractivity contribution in [3.63, 3.8) is 0 Å². The predicted octanol–water partition coefficient (Wildman–Crippen LogP) is 4.87. The number of pyridine rings is 1. The summed E-state index contributed by atoms with van der Waals surface area (Å²) in [5, 5.41) is 14.1. The molecule has 2 aromatic rings. The van der Waals surface area contributed by atoms with Crippen LogP contribution in [0, 0.1) is 10.1 Å². The Kier molecular flexibility index (Phi) is 8.03. The molecule has 2 aliphatic rings. The van der Waals surface area contributed by atoms with Gasteiger partial charge in [0.05, 0.1) is 29.1 Å². The van der Waals surface area contributed by atoms with Crippen LogP contribution in [0.3, 0.4) is 0 Å². The first-order valence-corrected chi connectivity index (χ1v) is 12.4. The third-order valence-electron chi connectivity index (χ3n) is 6.85. The van der Waals surface area contributed by atoms with Gasteiger partial charge in [0.1, 0.15) is 11.3 Å². The minimum absolute atomic E-state index is 0.0447. The summed E-state index contributed by atoms with van der Waals surface area (Å²) < 4.78 is 46.0. The average molecular weight is 522 g/mol. The molecule has 1 aromatic carbocycles. The van der Waals surface area contributed by atoms with Crippen LogP contribution in [0.2, 0.25) is 0 Å². The molecule has 2 fully saturated rings. The van der Waals surface area contributed by atoms with Gasteiger partial charge in [-0.25, -0.2) is 0 Å². The summed E-state index contributed by atoms with van der Waals surface area (Å²) in [6.45, 7) is 4.67. The Labute approximate surface area is 212 Å². The van der Waals surface area contributed by atoms with E-state index in [9.17, 15) is 28.1 Å². The number of nitrogens with zero attached hydrogens (tertiary/aromatic N) is 4. The molecule has 9 nitrogen and oxygen atoms in total. The summed E-state index contributed by atoms with van der Waals surface area (Å²) in [4.78, 5) is 30.2. The van der Waals surface area contributed by atoms with Gasteiger partial charge in [-0.1, -0.05) is 6.92 Å². The van der Waals surface area contributed by atoms with Crippen molar-refractivity contribution in [1.82, 2.24) is 9.88 Å². The number of rotatable bonds is 7. The zero-order valence-corrected chi connectivity index (χ0v) is 20.5. The van der Waals surface area contributed by atoms with E-state index >= 15 is 0 Å². The van der Waals surface area contributed by atoms with E-state index in [0.29, 0.717) is 50.9 Å². The number of alkyl halides is 3. The average Bonchev–Trinajstić information content (AvgIpc) is 2.89. The number of hydrogen-bond donors (Lipinski definition) is 1. The van der Waals surface area contributed by atoms with E-state index < -0.39 is 22.4 Å². The molecule has 0 bridgehead atoms. The summed E-state index contributed by atoms with van der Waals surface area (Å²) >= 11 is 0. The van der Waals surface area contributed by atoms with Gasteiger partial charge in [0.2, 0.25) is 5.91 Å². The van der Waals surface area contributed by atoms with E-state index in [0.717, 1.165) is 30.9 Å². The van der Waals surface area contributed by atoms with Crippen LogP contribution in [0.15, 0.2) is 36.7 Å². The fourth-order valence-electron chi connectivity index (χ4n) is 4.85. The number of piperazine rings is 1. The molecular weight excluding hydrogens is 491 g/mol. The van der Waals surface area contributed by atoms with Crippen LogP contribution < -0.4 is 15.0 Å². The first-order chi connectivity index (χ1) is 17.6. The van der Waals surface area contributed by atoms with Gasteiger partial charge < -0.3 is 19.9 Å². The highest BCUT2D eigenvalue weighted by Gasteiger charge is 2.38. The minimum Gasteiger partial charge on any atom is -0.489 e. The second-order valence-corrected chi connectivity index (χ2v) is 9.32. The molecule has 0 spiro atoms. The number of ether oxygens (including phenoxy) is 1. The molecule has 1 aromatic heterocycles. The number of nitro groups is 1. The van der Waals surface area contributed by atoms with Crippen LogP contribution in [0.1, 0.15) is 44.6 Å². The number of hydrogen-bond acceptors (Lipinski definition) is 7. The number of carbonyl (C=O) groups is 1. The van der Waals surface area contributed by atoms with Crippen LogP contribution in [-0.2, 0) is 11.0 Å². The standard InChI is InChI=1S/C25H30F3N5O4/c1-2-24(34)32-11-9-31(10-12-32)19-14-21(16-29-15-19)37-20-6-3-17(4-7-20)30-18-5-8-23(33(35)36)22(13-18)25(26,27)28/h5,8,13-17,20,30H,2-4,6-7,9-12H2,1H3. The maximum absolute atomic E-state index is 13.3. The Morgan fingerprint density at radius 2 is 1.84 bits per heavy atom. The van der Waals surface area contributed by atoms with Gasteiger partial charge in [-0.3, -0.25) is 19.9 Å². The quantitative estimate of drug-likeness (QED) is 0.410. The molecule has 0 radical (unpaired) electrons. The van der Waals surface area contributed by atoms with E-state index in [4.69, 9.17) is 4.74 Å². The van der Waals surface area contributed by atoms with Crippen molar-refractivity contribution in [3.05, 3.63) is 52.3 Å². The largest absolute Gasteiger partial charge is 0.489 e. The lowest BCUT2D eigenvalue weighted by atomic mass is 9.92. The molecule has 1 amide bonds. The van der Waals surface area contributed by atoms with Gasteiger partial charge in [-0.05, 0) is 37.8 Å². The molecule has 0 unspecified atom stereocenters. The lowest BCUT2D eigenvalue weighted by molar-refractivity contribution is -0.388. The predicted molar refractivity (Wildman–Crippen MR) is 132 cm³/mol. The highest BCUT2D eigenvalue weighted by Crippen LogP contribution is 2.38. The SMILES string of the molecule is CCC(=O)N1CCN(c2cncc(OC3CCC(Nc4ccc([N+](=O)[O-])c(C(F)(F)F)c4)CC3)c2)CC1. The summed E-state index contributed by atoms with van der Waals surface area (Å²) in [6.07, 6.45) is 1.88. The fourth-order valence-corrected chi connectivity index (χ4v) is 4.85. The number of carbonyl (C=O) groups excluding carboxylic acids is 1. The molecule has 0 atom stereocenters. The van der Waals surface area contributed by atoms with E-state index in [1.165, 1.54) is 6.07 Å². The second-order valence-electron chi connectivity index (χ2n) is 9.32. The summed E-state index contributed by atoms with van der Waals surface area (Å²) in [7, 11) is 0. The van der Waals surface area contributed by atoms with Gasteiger partial charge in [0.25, 0.3) is 5.69 Å². The first kappa shape index (κ1) is 26.5. The van der Waals surface area contributed by atoms with Crippen molar-refractivity contribution in [2.24, 2.45) is 0 Å². The minimum atomic E-state index is -4.81. The zero-order chi connectivity index (χ0) is 26.6. The maximum Gasteiger partial charge on any atom is 0.423 e. The van der Waals surface area contributed by atoms with Crippen molar-refractivity contribution in [2.45, 2.75) is 57.3 Å². The number of benzene rings is 1. The number of nitro benzene ring substituents is 1. The van der Waals surface area contributed by atoms with Gasteiger partial charge in [0.15, 0.2) is 0 Å². The van der Waals surface area contributed by atoms with Crippen LogP contribution in [0.25, 0.3) is 0 Å². The third-order valence-corrected chi connectivity index (χ3v) is 6.85. The van der Waals surface area contributed by atoms with Crippen LogP contribution in [0.4, 0.5) is 30.2 Å². The van der Waals surface area contributed by atoms with Crippen molar-refractivity contribution in [2.75, 3.05) is 36.4 Å². The summed E-state index contributed by atoms with van der Waals surface area (Å²) in [5.41, 5.74) is -1.07. The molecule has 1 N–H and O–H groups in total. The van der Waals surface area contributed by atoms with E-state index in [1.807, 2.05) is 17.9 Å². The topological polar surface area (TPSA) is 101 Å². The fraction of sp³-hybridized carbons (Fsp3) is 0.520. The molecular formula is C25H30F3N5O4. The summed E-state index contributed by atoms with van der Waals surface area (Å²) in [5.74, 6) is 0.820. The molecule has 2 heterocycles. The summed E-state index contributed by atoms with van der Waals surface area (Å²) in [6, 6.07) is 4.89. The molecule has 1 aliphatic heterocycles. The Hall–Kier alpha value is -3.57. The molecule has 1 saturated carbocycles. The lowest BCUT2D eigenvalue weighted by Gasteiger charge is -2.36. The zero-order valence-electron chi connectivity index (χ0n) is 20.5. The Morgan fingerprint density at radius 1 is 1.14 bits per heavy atom. The lowest BCUT2D eigenvalue weighted by Crippen LogP contribution is -2.48. The van der Waals surface area contributed by atoms with Gasteiger partial charge in [-0.2, -0.15) is 13.2 Å². The number of nitrogens with one attached hydrogen (secondary N) is 1. The van der Waals surface area contributed by atoms with E-state index in [-0.39, 0.29) is 23.7 Å². The van der Waals surface area contributed by atoms with E-state index in [2.05, 4.69) is 15.2 Å². The van der Waals surface area contributed by atoms with Gasteiger partial charge in [-0.15, -0.1) is 0 Å². The van der Waals surface area contributed by atoms with Crippen LogP contribution in [-0.4, -0.2) is 59.0 Å². The van der Waals surface area contributed by atoms with Crippen molar-refractivity contribution < 1.29 is 27.6 Å². The number of aromatic nitrogens is 1. The van der Waals surface area contributed by atoms with Crippen molar-refractivity contribution >= 4 is 23.0 Å². The Balaban J connectivity index is 1.30. The molecule has 200 valence electrons. The van der Waals surface area contributed by atoms with Gasteiger partial charge >= 0.3 is 6.18 Å². The van der Waals surface area contributed by atoms with Crippen molar-refractivity contribution in [1.29, 1.82) is 0 Å². The van der Waals surface area contributed by atoms with Crippen LogP contribution >= 0.6 is 0 Å². The molecule has 4 rings (SSSR count). The Bertz CT molecular complexity index is 1110. The third kappa shape index (κ3) is 6.60. The number of halogens is 3. The van der Waals surface area contributed by atoms with E-state index in [1.54, 1.807) is 12.4 Å². The second kappa shape index (κ2) is 11.2. The van der Waals surface area contributed by atoms with Gasteiger partial charge in [0, 0.05) is 56.5 Å². The van der Waals surface area contributed by atoms with Crippen LogP contribution in [0.5, 0.6) is 5.75 Å². The monoisotopic (exact) mass is 521 g/mol. The molecule has 1 aliphatic carbocycles. The maximum atomic E-state index is 13.3.